The molecule has 3 nitrogen and oxygen atoms in total. The fourth-order valence-electron chi connectivity index (χ4n) is 1.70. The van der Waals surface area contributed by atoms with Crippen LogP contribution in [0.15, 0.2) is 24.3 Å². The van der Waals surface area contributed by atoms with Gasteiger partial charge in [0.2, 0.25) is 5.91 Å². The number of hydrogen-bond donors (Lipinski definition) is 1. The van der Waals surface area contributed by atoms with Crippen molar-refractivity contribution in [1.29, 1.82) is 0 Å². The minimum absolute atomic E-state index is 0.240. The van der Waals surface area contributed by atoms with Gasteiger partial charge in [0.25, 0.3) is 0 Å². The van der Waals surface area contributed by atoms with Crippen LogP contribution in [0.2, 0.25) is 0 Å². The van der Waals surface area contributed by atoms with E-state index in [1.54, 1.807) is 25.1 Å². The van der Waals surface area contributed by atoms with Gasteiger partial charge in [-0.25, -0.2) is 4.39 Å². The first kappa shape index (κ1) is 17.4. The van der Waals surface area contributed by atoms with E-state index in [2.05, 4.69) is 10.1 Å². The molecule has 7 heteroatoms. The molecule has 0 aliphatic rings. The quantitative estimate of drug-likeness (QED) is 0.821. The number of nitrogens with one attached hydrogen (secondary N) is 1. The number of amides is 1. The number of ether oxygens (including phenoxy) is 1. The van der Waals surface area contributed by atoms with Crippen LogP contribution in [-0.4, -0.2) is 30.8 Å². The molecule has 118 valence electrons. The van der Waals surface area contributed by atoms with Crippen LogP contribution >= 0.6 is 0 Å². The average Bonchev–Trinajstić information content (AvgIpc) is 2.37. The van der Waals surface area contributed by atoms with Crippen molar-refractivity contribution in [1.82, 2.24) is 5.32 Å². The Morgan fingerprint density at radius 3 is 2.48 bits per heavy atom. The molecule has 2 atom stereocenters. The highest BCUT2D eigenvalue weighted by molar-refractivity contribution is 5.80. The molecule has 0 aliphatic heterocycles. The minimum atomic E-state index is -4.48. The maximum atomic E-state index is 13.4. The summed E-state index contributed by atoms with van der Waals surface area (Å²) >= 11 is 0. The summed E-state index contributed by atoms with van der Waals surface area (Å²) in [6.07, 6.45) is -5.47. The van der Waals surface area contributed by atoms with Gasteiger partial charge in [-0.05, 0) is 31.9 Å². The average molecular weight is 307 g/mol. The summed E-state index contributed by atoms with van der Waals surface area (Å²) < 4.78 is 53.8. The van der Waals surface area contributed by atoms with Gasteiger partial charge in [-0.15, -0.1) is 0 Å². The van der Waals surface area contributed by atoms with Crippen LogP contribution in [0.1, 0.15) is 19.4 Å². The number of carbonyl (C=O) groups is 1. The van der Waals surface area contributed by atoms with E-state index in [0.717, 1.165) is 0 Å². The Morgan fingerprint density at radius 2 is 1.90 bits per heavy atom. The predicted octanol–water partition coefficient (Wildman–Crippen LogP) is 2.84. The van der Waals surface area contributed by atoms with E-state index < -0.39 is 30.8 Å². The molecule has 0 heterocycles. The second-order valence-corrected chi connectivity index (χ2v) is 4.77. The third-order valence-corrected chi connectivity index (χ3v) is 2.74. The molecule has 1 amide bonds. The van der Waals surface area contributed by atoms with Gasteiger partial charge in [-0.1, -0.05) is 18.2 Å². The lowest BCUT2D eigenvalue weighted by atomic mass is 10.1. The van der Waals surface area contributed by atoms with E-state index in [0.29, 0.717) is 5.56 Å². The van der Waals surface area contributed by atoms with Gasteiger partial charge in [0.15, 0.2) is 0 Å². The van der Waals surface area contributed by atoms with Gasteiger partial charge in [0, 0.05) is 6.04 Å². The second-order valence-electron chi connectivity index (χ2n) is 4.77. The molecule has 0 bridgehead atoms. The molecule has 0 saturated carbocycles. The molecule has 1 aromatic rings. The van der Waals surface area contributed by atoms with Crippen LogP contribution in [0.3, 0.4) is 0 Å². The highest BCUT2D eigenvalue weighted by atomic mass is 19.4. The van der Waals surface area contributed by atoms with Crippen molar-refractivity contribution in [3.8, 4) is 0 Å². The summed E-state index contributed by atoms with van der Waals surface area (Å²) in [6.45, 7) is 1.39. The first-order valence-electron chi connectivity index (χ1n) is 6.41. The number of hydrogen-bond acceptors (Lipinski definition) is 2. The molecule has 0 saturated heterocycles. The lowest BCUT2D eigenvalue weighted by Gasteiger charge is -2.19. The number of alkyl halides is 3. The van der Waals surface area contributed by atoms with Crippen molar-refractivity contribution in [3.63, 3.8) is 0 Å². The number of carbonyl (C=O) groups excluding carboxylic acids is 1. The normalized spacial score (nSPS) is 14.6. The summed E-state index contributed by atoms with van der Waals surface area (Å²) in [5.74, 6) is -1.05. The third-order valence-electron chi connectivity index (χ3n) is 2.74. The Balaban J connectivity index is 2.45. The zero-order chi connectivity index (χ0) is 16.0. The zero-order valence-electron chi connectivity index (χ0n) is 11.7. The van der Waals surface area contributed by atoms with E-state index >= 15 is 0 Å². The number of halogens is 4. The van der Waals surface area contributed by atoms with Crippen molar-refractivity contribution in [2.45, 2.75) is 38.6 Å². The largest absolute Gasteiger partial charge is 0.411 e. The van der Waals surface area contributed by atoms with E-state index in [4.69, 9.17) is 0 Å². The van der Waals surface area contributed by atoms with Crippen molar-refractivity contribution >= 4 is 5.91 Å². The molecule has 2 unspecified atom stereocenters. The van der Waals surface area contributed by atoms with Crippen LogP contribution in [0, 0.1) is 5.82 Å². The smallest absolute Gasteiger partial charge is 0.359 e. The highest BCUT2D eigenvalue weighted by Gasteiger charge is 2.30. The zero-order valence-corrected chi connectivity index (χ0v) is 11.7. The van der Waals surface area contributed by atoms with E-state index in [9.17, 15) is 22.4 Å². The first-order chi connectivity index (χ1) is 9.69. The van der Waals surface area contributed by atoms with Crippen LogP contribution in [0.25, 0.3) is 0 Å². The minimum Gasteiger partial charge on any atom is -0.359 e. The molecule has 1 aromatic carbocycles. The SMILES string of the molecule is CC(Cc1ccccc1F)NC(=O)C(C)OCC(F)(F)F. The Labute approximate surface area is 120 Å². The van der Waals surface area contributed by atoms with Gasteiger partial charge >= 0.3 is 6.18 Å². The van der Waals surface area contributed by atoms with Crippen LogP contribution in [0.5, 0.6) is 0 Å². The topological polar surface area (TPSA) is 38.3 Å². The standard InChI is InChI=1S/C14H17F4NO2/c1-9(7-11-5-3-4-6-12(11)15)19-13(20)10(2)21-8-14(16,17)18/h3-6,9-10H,7-8H2,1-2H3,(H,19,20). The van der Waals surface area contributed by atoms with Crippen LogP contribution < -0.4 is 5.32 Å². The molecule has 0 radical (unpaired) electrons. The Hall–Kier alpha value is -1.63. The molecule has 0 aromatic heterocycles. The molecule has 0 spiro atoms. The lowest BCUT2D eigenvalue weighted by Crippen LogP contribution is -2.42. The van der Waals surface area contributed by atoms with Crippen molar-refractivity contribution < 1.29 is 27.1 Å². The number of benzene rings is 1. The van der Waals surface area contributed by atoms with E-state index in [-0.39, 0.29) is 12.2 Å². The summed E-state index contributed by atoms with van der Waals surface area (Å²) in [6, 6.07) is 5.68. The maximum Gasteiger partial charge on any atom is 0.411 e. The van der Waals surface area contributed by atoms with Gasteiger partial charge in [-0.3, -0.25) is 4.79 Å². The maximum absolute atomic E-state index is 13.4. The highest BCUT2D eigenvalue weighted by Crippen LogP contribution is 2.15. The molecule has 0 aliphatic carbocycles. The summed E-state index contributed by atoms with van der Waals surface area (Å²) in [7, 11) is 0. The molecule has 0 fully saturated rings. The fraction of sp³-hybridized carbons (Fsp3) is 0.500. The third kappa shape index (κ3) is 6.57. The molecule has 1 rings (SSSR count). The lowest BCUT2D eigenvalue weighted by molar-refractivity contribution is -0.185. The summed E-state index contributed by atoms with van der Waals surface area (Å²) in [5.41, 5.74) is 0.425. The summed E-state index contributed by atoms with van der Waals surface area (Å²) in [4.78, 5) is 11.6. The first-order valence-corrected chi connectivity index (χ1v) is 6.41. The second kappa shape index (κ2) is 7.40. The molecule has 1 N–H and O–H groups in total. The molecule has 21 heavy (non-hydrogen) atoms. The Kier molecular flexibility index (Phi) is 6.14. The van der Waals surface area contributed by atoms with Gasteiger partial charge in [0.05, 0.1) is 0 Å². The van der Waals surface area contributed by atoms with Gasteiger partial charge in [-0.2, -0.15) is 13.2 Å². The fourth-order valence-corrected chi connectivity index (χ4v) is 1.70. The number of rotatable bonds is 6. The Bertz CT molecular complexity index is 476. The monoisotopic (exact) mass is 307 g/mol. The van der Waals surface area contributed by atoms with Crippen molar-refractivity contribution in [2.75, 3.05) is 6.61 Å². The van der Waals surface area contributed by atoms with Gasteiger partial charge in [0.1, 0.15) is 18.5 Å². The van der Waals surface area contributed by atoms with Crippen LogP contribution in [0.4, 0.5) is 17.6 Å². The Morgan fingerprint density at radius 1 is 1.29 bits per heavy atom. The van der Waals surface area contributed by atoms with Crippen molar-refractivity contribution in [3.05, 3.63) is 35.6 Å². The van der Waals surface area contributed by atoms with E-state index in [1.165, 1.54) is 13.0 Å². The van der Waals surface area contributed by atoms with Gasteiger partial charge < -0.3 is 10.1 Å². The molecular weight excluding hydrogens is 290 g/mol. The van der Waals surface area contributed by atoms with Crippen LogP contribution in [-0.2, 0) is 16.0 Å². The molecular formula is C14H17F4NO2. The van der Waals surface area contributed by atoms with Crippen molar-refractivity contribution in [2.24, 2.45) is 0 Å². The summed E-state index contributed by atoms with van der Waals surface area (Å²) in [5, 5.41) is 2.49. The predicted molar refractivity (Wildman–Crippen MR) is 69.2 cm³/mol. The van der Waals surface area contributed by atoms with E-state index in [1.807, 2.05) is 0 Å².